The molecule has 3 nitrogen and oxygen atoms in total. The number of likely N-dealkylation sites (N-methyl/N-ethyl adjacent to an activating group) is 1. The van der Waals surface area contributed by atoms with Crippen molar-refractivity contribution in [3.05, 3.63) is 23.8 Å². The molecule has 4 heteroatoms. The zero-order chi connectivity index (χ0) is 13.0. The number of thioether (sulfide) groups is 1. The molecule has 1 aromatic rings. The van der Waals surface area contributed by atoms with Crippen molar-refractivity contribution in [2.24, 2.45) is 0 Å². The van der Waals surface area contributed by atoms with E-state index in [2.05, 4.69) is 42.4 Å². The summed E-state index contributed by atoms with van der Waals surface area (Å²) < 4.78 is 5.28. The van der Waals surface area contributed by atoms with Crippen LogP contribution in [0.15, 0.2) is 23.1 Å². The molecule has 2 rings (SSSR count). The highest BCUT2D eigenvalue weighted by Crippen LogP contribution is 2.26. The van der Waals surface area contributed by atoms with Crippen molar-refractivity contribution in [3.63, 3.8) is 0 Å². The van der Waals surface area contributed by atoms with E-state index in [-0.39, 0.29) is 0 Å². The molecule has 1 heterocycles. The molecular weight excluding hydrogens is 244 g/mol. The number of rotatable bonds is 4. The Morgan fingerprint density at radius 1 is 1.50 bits per heavy atom. The fourth-order valence-electron chi connectivity index (χ4n) is 2.24. The summed E-state index contributed by atoms with van der Waals surface area (Å²) in [5.41, 5.74) is 1.20. The Balaban J connectivity index is 1.88. The van der Waals surface area contributed by atoms with Crippen LogP contribution in [0.1, 0.15) is 5.56 Å². The van der Waals surface area contributed by atoms with E-state index < -0.39 is 0 Å². The minimum absolute atomic E-state index is 0.594. The summed E-state index contributed by atoms with van der Waals surface area (Å²) in [4.78, 5) is 3.71. The molecular formula is C14H22N2OS. The summed E-state index contributed by atoms with van der Waals surface area (Å²) in [6.07, 6.45) is 0. The molecule has 1 fully saturated rings. The van der Waals surface area contributed by atoms with Gasteiger partial charge < -0.3 is 15.0 Å². The van der Waals surface area contributed by atoms with Crippen LogP contribution in [-0.2, 0) is 0 Å². The smallest absolute Gasteiger partial charge is 0.121 e. The van der Waals surface area contributed by atoms with E-state index in [1.165, 1.54) is 10.5 Å². The summed E-state index contributed by atoms with van der Waals surface area (Å²) in [6.45, 7) is 5.49. The molecule has 0 radical (unpaired) electrons. The Bertz CT molecular complexity index is 397. The summed E-state index contributed by atoms with van der Waals surface area (Å²) in [6, 6.07) is 6.99. The molecule has 0 aromatic heterocycles. The first-order valence-electron chi connectivity index (χ1n) is 6.38. The fraction of sp³-hybridized carbons (Fsp3) is 0.571. The lowest BCUT2D eigenvalue weighted by molar-refractivity contribution is 0.250. The average Bonchev–Trinajstić information content (AvgIpc) is 2.37. The second-order valence-electron chi connectivity index (χ2n) is 4.86. The molecule has 100 valence electrons. The Labute approximate surface area is 114 Å². The third-order valence-electron chi connectivity index (χ3n) is 3.28. The topological polar surface area (TPSA) is 24.5 Å². The molecule has 0 amide bonds. The molecule has 0 saturated carbocycles. The first kappa shape index (κ1) is 13.7. The van der Waals surface area contributed by atoms with Gasteiger partial charge in [-0.3, -0.25) is 0 Å². The summed E-state index contributed by atoms with van der Waals surface area (Å²) >= 11 is 1.92. The largest absolute Gasteiger partial charge is 0.496 e. The molecule has 0 bridgehead atoms. The maximum atomic E-state index is 5.28. The maximum absolute atomic E-state index is 5.28. The van der Waals surface area contributed by atoms with Crippen LogP contribution in [0.2, 0.25) is 0 Å². The van der Waals surface area contributed by atoms with Crippen molar-refractivity contribution in [2.45, 2.75) is 17.9 Å². The summed E-state index contributed by atoms with van der Waals surface area (Å²) in [5.74, 6) is 2.09. The molecule has 1 aromatic carbocycles. The number of aryl methyl sites for hydroxylation is 1. The van der Waals surface area contributed by atoms with E-state index in [0.29, 0.717) is 6.04 Å². The Hall–Kier alpha value is -0.710. The van der Waals surface area contributed by atoms with Crippen molar-refractivity contribution >= 4 is 11.8 Å². The van der Waals surface area contributed by atoms with E-state index in [1.807, 2.05) is 11.8 Å². The van der Waals surface area contributed by atoms with E-state index in [9.17, 15) is 0 Å². The van der Waals surface area contributed by atoms with Crippen molar-refractivity contribution in [1.29, 1.82) is 0 Å². The van der Waals surface area contributed by atoms with Crippen LogP contribution in [0.3, 0.4) is 0 Å². The van der Waals surface area contributed by atoms with Gasteiger partial charge in [0.2, 0.25) is 0 Å². The molecule has 1 unspecified atom stereocenters. The SMILES string of the molecule is COc1ccc(SCC2CN(C)CCN2)cc1C. The van der Waals surface area contributed by atoms with Crippen LogP contribution in [0.4, 0.5) is 0 Å². The standard InChI is InChI=1S/C14H22N2OS/c1-11-8-13(4-5-14(11)17-3)18-10-12-9-16(2)7-6-15-12/h4-5,8,12,15H,6-7,9-10H2,1-3H3. The molecule has 1 aliphatic rings. The second-order valence-corrected chi connectivity index (χ2v) is 5.95. The quantitative estimate of drug-likeness (QED) is 0.843. The van der Waals surface area contributed by atoms with Crippen LogP contribution in [0, 0.1) is 6.92 Å². The van der Waals surface area contributed by atoms with Gasteiger partial charge in [-0.15, -0.1) is 11.8 Å². The zero-order valence-corrected chi connectivity index (χ0v) is 12.2. The molecule has 1 saturated heterocycles. The summed E-state index contributed by atoms with van der Waals surface area (Å²) in [5, 5.41) is 3.57. The molecule has 0 spiro atoms. The Morgan fingerprint density at radius 2 is 2.33 bits per heavy atom. The maximum Gasteiger partial charge on any atom is 0.121 e. The van der Waals surface area contributed by atoms with Crippen molar-refractivity contribution in [3.8, 4) is 5.75 Å². The average molecular weight is 266 g/mol. The van der Waals surface area contributed by atoms with Gasteiger partial charge >= 0.3 is 0 Å². The number of methoxy groups -OCH3 is 1. The third-order valence-corrected chi connectivity index (χ3v) is 4.43. The number of hydrogen-bond donors (Lipinski definition) is 1. The number of nitrogens with zero attached hydrogens (tertiary/aromatic N) is 1. The lowest BCUT2D eigenvalue weighted by Crippen LogP contribution is -2.50. The first-order valence-corrected chi connectivity index (χ1v) is 7.37. The minimum Gasteiger partial charge on any atom is -0.496 e. The number of hydrogen-bond acceptors (Lipinski definition) is 4. The Morgan fingerprint density at radius 3 is 3.00 bits per heavy atom. The number of ether oxygens (including phenoxy) is 1. The third kappa shape index (κ3) is 3.64. The van der Waals surface area contributed by atoms with Gasteiger partial charge in [-0.2, -0.15) is 0 Å². The summed E-state index contributed by atoms with van der Waals surface area (Å²) in [7, 11) is 3.91. The zero-order valence-electron chi connectivity index (χ0n) is 11.4. The highest BCUT2D eigenvalue weighted by molar-refractivity contribution is 7.99. The van der Waals surface area contributed by atoms with E-state index in [0.717, 1.165) is 31.1 Å². The van der Waals surface area contributed by atoms with Crippen LogP contribution >= 0.6 is 11.8 Å². The van der Waals surface area contributed by atoms with Gasteiger partial charge in [-0.05, 0) is 37.7 Å². The number of piperazine rings is 1. The lowest BCUT2D eigenvalue weighted by atomic mass is 10.2. The fourth-order valence-corrected chi connectivity index (χ4v) is 3.28. The van der Waals surface area contributed by atoms with Crippen LogP contribution < -0.4 is 10.1 Å². The molecule has 1 N–H and O–H groups in total. The predicted molar refractivity (Wildman–Crippen MR) is 77.7 cm³/mol. The van der Waals surface area contributed by atoms with Crippen molar-refractivity contribution in [2.75, 3.05) is 39.5 Å². The Kier molecular flexibility index (Phi) is 4.92. The number of nitrogens with one attached hydrogen (secondary N) is 1. The van der Waals surface area contributed by atoms with Gasteiger partial charge in [0.1, 0.15) is 5.75 Å². The van der Waals surface area contributed by atoms with Gasteiger partial charge in [0, 0.05) is 36.3 Å². The predicted octanol–water partition coefficient (Wildman–Crippen LogP) is 2.00. The van der Waals surface area contributed by atoms with Crippen molar-refractivity contribution < 1.29 is 4.74 Å². The molecule has 18 heavy (non-hydrogen) atoms. The second kappa shape index (κ2) is 6.45. The normalized spacial score (nSPS) is 20.9. The highest BCUT2D eigenvalue weighted by Gasteiger charge is 2.16. The number of benzene rings is 1. The lowest BCUT2D eigenvalue weighted by Gasteiger charge is -2.30. The van der Waals surface area contributed by atoms with Gasteiger partial charge in [0.05, 0.1) is 7.11 Å². The molecule has 1 atom stereocenters. The van der Waals surface area contributed by atoms with Crippen LogP contribution in [0.5, 0.6) is 5.75 Å². The molecule has 1 aliphatic heterocycles. The first-order chi connectivity index (χ1) is 8.69. The van der Waals surface area contributed by atoms with E-state index >= 15 is 0 Å². The van der Waals surface area contributed by atoms with Gasteiger partial charge in [-0.25, -0.2) is 0 Å². The highest BCUT2D eigenvalue weighted by atomic mass is 32.2. The van der Waals surface area contributed by atoms with E-state index in [4.69, 9.17) is 4.74 Å². The minimum atomic E-state index is 0.594. The van der Waals surface area contributed by atoms with Gasteiger partial charge in [0.15, 0.2) is 0 Å². The molecule has 0 aliphatic carbocycles. The monoisotopic (exact) mass is 266 g/mol. The van der Waals surface area contributed by atoms with Gasteiger partial charge in [-0.1, -0.05) is 0 Å². The van der Waals surface area contributed by atoms with Gasteiger partial charge in [0.25, 0.3) is 0 Å². The van der Waals surface area contributed by atoms with Crippen LogP contribution in [0.25, 0.3) is 0 Å². The van der Waals surface area contributed by atoms with Crippen molar-refractivity contribution in [1.82, 2.24) is 10.2 Å². The van der Waals surface area contributed by atoms with E-state index in [1.54, 1.807) is 7.11 Å². The van der Waals surface area contributed by atoms with Crippen LogP contribution in [-0.4, -0.2) is 50.5 Å².